The highest BCUT2D eigenvalue weighted by atomic mass is 79.9. The monoisotopic (exact) mass is 408 g/mol. The Labute approximate surface area is 147 Å². The molecule has 1 atom stereocenters. The van der Waals surface area contributed by atoms with E-state index in [2.05, 4.69) is 21.2 Å². The Kier molecular flexibility index (Phi) is 4.18. The van der Waals surface area contributed by atoms with Crippen LogP contribution in [0.1, 0.15) is 11.5 Å². The second kappa shape index (κ2) is 6.03. The molecule has 0 bridgehead atoms. The van der Waals surface area contributed by atoms with Gasteiger partial charge in [-0.3, -0.25) is 9.59 Å². The summed E-state index contributed by atoms with van der Waals surface area (Å²) in [5.74, 6) is -2.56. The Hall–Kier alpha value is -2.19. The molecule has 1 aliphatic rings. The molecule has 0 aliphatic carbocycles. The van der Waals surface area contributed by atoms with Gasteiger partial charge in [0, 0.05) is 17.2 Å². The average Bonchev–Trinajstić information content (AvgIpc) is 2.55. The van der Waals surface area contributed by atoms with Gasteiger partial charge in [0.1, 0.15) is 5.92 Å². The van der Waals surface area contributed by atoms with Crippen LogP contribution in [-0.4, -0.2) is 31.6 Å². The summed E-state index contributed by atoms with van der Waals surface area (Å²) in [7, 11) is -2.76. The predicted octanol–water partition coefficient (Wildman–Crippen LogP) is 2.33. The summed E-state index contributed by atoms with van der Waals surface area (Å²) in [6.45, 7) is 0. The second-order valence-corrected chi connectivity index (χ2v) is 8.13. The third-order valence-corrected chi connectivity index (χ3v) is 6.16. The molecular formula is C16H13BrN2O4S. The van der Waals surface area contributed by atoms with Crippen molar-refractivity contribution in [1.82, 2.24) is 4.31 Å². The molecule has 0 unspecified atom stereocenters. The molecule has 0 fully saturated rings. The number of amides is 2. The standard InChI is InChI=1S/C16H13BrN2O4S/c1-19-16(21)14(12-4-2-3-5-13(12)24(19,22)23)15(20)18-11-8-6-10(17)7-9-11/h2-9,14H,1H3,(H,18,20)/t14-/m1/s1. The zero-order valence-corrected chi connectivity index (χ0v) is 15.0. The number of nitrogens with one attached hydrogen (secondary N) is 1. The Morgan fingerprint density at radius 1 is 1.12 bits per heavy atom. The van der Waals surface area contributed by atoms with Crippen LogP contribution < -0.4 is 5.32 Å². The summed E-state index contributed by atoms with van der Waals surface area (Å²) < 4.78 is 26.2. The molecule has 3 rings (SSSR count). The van der Waals surface area contributed by atoms with Gasteiger partial charge in [0.05, 0.1) is 4.90 Å². The van der Waals surface area contributed by atoms with Gasteiger partial charge in [-0.1, -0.05) is 34.1 Å². The summed E-state index contributed by atoms with van der Waals surface area (Å²) in [6.07, 6.45) is 0. The van der Waals surface area contributed by atoms with Gasteiger partial charge in [-0.05, 0) is 35.9 Å². The number of rotatable bonds is 2. The lowest BCUT2D eigenvalue weighted by atomic mass is 9.96. The molecule has 1 heterocycles. The van der Waals surface area contributed by atoms with Crippen molar-refractivity contribution in [3.8, 4) is 0 Å². The molecule has 124 valence electrons. The number of carbonyl (C=O) groups is 2. The van der Waals surface area contributed by atoms with Crippen molar-refractivity contribution in [2.45, 2.75) is 10.8 Å². The smallest absolute Gasteiger partial charge is 0.266 e. The van der Waals surface area contributed by atoms with E-state index in [-0.39, 0.29) is 10.5 Å². The van der Waals surface area contributed by atoms with Crippen molar-refractivity contribution in [1.29, 1.82) is 0 Å². The van der Waals surface area contributed by atoms with Gasteiger partial charge in [0.15, 0.2) is 0 Å². The highest BCUT2D eigenvalue weighted by Gasteiger charge is 2.44. The molecular weight excluding hydrogens is 396 g/mol. The first-order valence-corrected chi connectivity index (χ1v) is 9.24. The lowest BCUT2D eigenvalue weighted by Crippen LogP contribution is -2.45. The van der Waals surface area contributed by atoms with Gasteiger partial charge in [0.25, 0.3) is 15.9 Å². The van der Waals surface area contributed by atoms with Crippen LogP contribution in [0.25, 0.3) is 0 Å². The van der Waals surface area contributed by atoms with Crippen molar-refractivity contribution in [3.63, 3.8) is 0 Å². The van der Waals surface area contributed by atoms with Crippen LogP contribution in [0.2, 0.25) is 0 Å². The van der Waals surface area contributed by atoms with Gasteiger partial charge >= 0.3 is 0 Å². The molecule has 8 heteroatoms. The topological polar surface area (TPSA) is 83.6 Å². The highest BCUT2D eigenvalue weighted by Crippen LogP contribution is 2.34. The summed E-state index contributed by atoms with van der Waals surface area (Å²) >= 11 is 3.30. The van der Waals surface area contributed by atoms with E-state index >= 15 is 0 Å². The molecule has 0 saturated carbocycles. The lowest BCUT2D eigenvalue weighted by molar-refractivity contribution is -0.132. The minimum absolute atomic E-state index is 0.0249. The maximum atomic E-state index is 12.6. The van der Waals surface area contributed by atoms with Crippen LogP contribution in [-0.2, 0) is 19.6 Å². The van der Waals surface area contributed by atoms with E-state index in [0.717, 1.165) is 11.5 Å². The maximum absolute atomic E-state index is 12.6. The van der Waals surface area contributed by atoms with Crippen molar-refractivity contribution in [2.75, 3.05) is 12.4 Å². The van der Waals surface area contributed by atoms with E-state index in [1.807, 2.05) is 0 Å². The highest BCUT2D eigenvalue weighted by molar-refractivity contribution is 9.10. The molecule has 0 saturated heterocycles. The molecule has 24 heavy (non-hydrogen) atoms. The minimum atomic E-state index is -3.92. The second-order valence-electron chi connectivity index (χ2n) is 5.28. The van der Waals surface area contributed by atoms with E-state index in [0.29, 0.717) is 9.99 Å². The number of hydrogen-bond acceptors (Lipinski definition) is 4. The van der Waals surface area contributed by atoms with Gasteiger partial charge in [-0.2, -0.15) is 0 Å². The fourth-order valence-electron chi connectivity index (χ4n) is 2.54. The van der Waals surface area contributed by atoms with E-state index < -0.39 is 27.8 Å². The molecule has 2 amide bonds. The Morgan fingerprint density at radius 3 is 2.42 bits per heavy atom. The Balaban J connectivity index is 2.02. The van der Waals surface area contributed by atoms with Crippen molar-refractivity contribution in [3.05, 3.63) is 58.6 Å². The van der Waals surface area contributed by atoms with Crippen molar-refractivity contribution < 1.29 is 18.0 Å². The summed E-state index contributed by atoms with van der Waals surface area (Å²) in [5.41, 5.74) is 0.708. The largest absolute Gasteiger partial charge is 0.325 e. The molecule has 6 nitrogen and oxygen atoms in total. The number of benzene rings is 2. The van der Waals surface area contributed by atoms with Crippen molar-refractivity contribution >= 4 is 43.5 Å². The number of anilines is 1. The van der Waals surface area contributed by atoms with E-state index in [9.17, 15) is 18.0 Å². The van der Waals surface area contributed by atoms with Crippen LogP contribution in [0.3, 0.4) is 0 Å². The van der Waals surface area contributed by atoms with Gasteiger partial charge in [-0.15, -0.1) is 0 Å². The number of halogens is 1. The number of carbonyl (C=O) groups excluding carboxylic acids is 2. The van der Waals surface area contributed by atoms with Crippen LogP contribution in [0.4, 0.5) is 5.69 Å². The van der Waals surface area contributed by atoms with E-state index in [1.54, 1.807) is 36.4 Å². The van der Waals surface area contributed by atoms with Crippen LogP contribution in [0.5, 0.6) is 0 Å². The first kappa shape index (κ1) is 16.7. The molecule has 0 radical (unpaired) electrons. The third-order valence-electron chi connectivity index (χ3n) is 3.80. The average molecular weight is 409 g/mol. The Morgan fingerprint density at radius 2 is 1.75 bits per heavy atom. The summed E-state index contributed by atoms with van der Waals surface area (Å²) in [4.78, 5) is 25.1. The van der Waals surface area contributed by atoms with Crippen LogP contribution >= 0.6 is 15.9 Å². The van der Waals surface area contributed by atoms with Crippen LogP contribution in [0.15, 0.2) is 57.9 Å². The minimum Gasteiger partial charge on any atom is -0.325 e. The zero-order valence-electron chi connectivity index (χ0n) is 12.6. The third kappa shape index (κ3) is 2.71. The van der Waals surface area contributed by atoms with Gasteiger partial charge in [-0.25, -0.2) is 12.7 Å². The fraction of sp³-hybridized carbons (Fsp3) is 0.125. The predicted molar refractivity (Wildman–Crippen MR) is 91.9 cm³/mol. The van der Waals surface area contributed by atoms with E-state index in [1.165, 1.54) is 12.1 Å². The Bertz CT molecular complexity index is 925. The molecule has 2 aromatic rings. The fourth-order valence-corrected chi connectivity index (χ4v) is 4.17. The zero-order chi connectivity index (χ0) is 17.5. The molecule has 1 N–H and O–H groups in total. The number of nitrogens with zero attached hydrogens (tertiary/aromatic N) is 1. The quantitative estimate of drug-likeness (QED) is 0.772. The number of fused-ring (bicyclic) bond motifs is 1. The summed E-state index contributed by atoms with van der Waals surface area (Å²) in [5, 5.41) is 2.66. The van der Waals surface area contributed by atoms with Gasteiger partial charge < -0.3 is 5.32 Å². The van der Waals surface area contributed by atoms with E-state index in [4.69, 9.17) is 0 Å². The molecule has 0 aromatic heterocycles. The summed E-state index contributed by atoms with van der Waals surface area (Å²) in [6, 6.07) is 12.9. The maximum Gasteiger partial charge on any atom is 0.266 e. The number of sulfonamides is 1. The van der Waals surface area contributed by atoms with Crippen LogP contribution in [0, 0.1) is 0 Å². The SMILES string of the molecule is CN1C(=O)[C@@H](C(=O)Nc2ccc(Br)cc2)c2ccccc2S1(=O)=O. The lowest BCUT2D eigenvalue weighted by Gasteiger charge is -2.30. The molecule has 2 aromatic carbocycles. The normalized spacial score (nSPS) is 18.8. The molecule has 0 spiro atoms. The number of hydrogen-bond donors (Lipinski definition) is 1. The first-order chi connectivity index (χ1) is 11.3. The molecule has 1 aliphatic heterocycles. The van der Waals surface area contributed by atoms with Gasteiger partial charge in [0.2, 0.25) is 5.91 Å². The van der Waals surface area contributed by atoms with Crippen molar-refractivity contribution in [2.24, 2.45) is 0 Å². The first-order valence-electron chi connectivity index (χ1n) is 7.00. The number of likely N-dealkylation sites (N-methyl/N-ethyl adjacent to an activating group) is 1.